The Hall–Kier alpha value is -1.62. The molecule has 1 amide bonds. The van der Waals surface area contributed by atoms with Crippen LogP contribution in [0.3, 0.4) is 0 Å². The first kappa shape index (κ1) is 11.9. The van der Waals surface area contributed by atoms with Crippen LogP contribution in [0.5, 0.6) is 5.88 Å². The lowest BCUT2D eigenvalue weighted by molar-refractivity contribution is -0.128. The number of nitrogens with zero attached hydrogens (tertiary/aromatic N) is 2. The summed E-state index contributed by atoms with van der Waals surface area (Å²) in [4.78, 5) is 17.7. The number of hydrogen-bond acceptors (Lipinski definition) is 4. The molecule has 2 N–H and O–H groups in total. The molecular weight excluding hydrogens is 218 g/mol. The van der Waals surface area contributed by atoms with Crippen LogP contribution in [0.4, 0.5) is 0 Å². The third-order valence-corrected chi connectivity index (χ3v) is 3.12. The summed E-state index contributed by atoms with van der Waals surface area (Å²) in [6.45, 7) is 2.63. The van der Waals surface area contributed by atoms with Gasteiger partial charge < -0.3 is 15.4 Å². The fourth-order valence-corrected chi connectivity index (χ4v) is 2.30. The smallest absolute Gasteiger partial charge is 0.224 e. The summed E-state index contributed by atoms with van der Waals surface area (Å²) in [5.74, 6) is 0.676. The molecule has 2 atom stereocenters. The zero-order valence-electron chi connectivity index (χ0n) is 10.1. The van der Waals surface area contributed by atoms with Crippen molar-refractivity contribution in [1.29, 1.82) is 0 Å². The van der Waals surface area contributed by atoms with Crippen molar-refractivity contribution in [3.8, 4) is 5.88 Å². The number of pyridine rings is 1. The van der Waals surface area contributed by atoms with E-state index in [1.54, 1.807) is 24.3 Å². The van der Waals surface area contributed by atoms with Gasteiger partial charge in [0, 0.05) is 31.3 Å². The molecule has 1 saturated heterocycles. The number of carbonyl (C=O) groups is 1. The fraction of sp³-hybridized carbons (Fsp3) is 0.500. The van der Waals surface area contributed by atoms with Crippen molar-refractivity contribution in [2.75, 3.05) is 13.7 Å². The Morgan fingerprint density at radius 3 is 2.88 bits per heavy atom. The quantitative estimate of drug-likeness (QED) is 0.837. The number of hydrogen-bond donors (Lipinski definition) is 1. The Morgan fingerprint density at radius 2 is 2.35 bits per heavy atom. The molecular formula is C12H17N3O2. The van der Waals surface area contributed by atoms with Gasteiger partial charge in [0.05, 0.1) is 13.2 Å². The second kappa shape index (κ2) is 4.71. The number of methoxy groups -OCH3 is 1. The number of aromatic nitrogens is 1. The minimum Gasteiger partial charge on any atom is -0.481 e. The van der Waals surface area contributed by atoms with Crippen LogP contribution in [-0.2, 0) is 4.79 Å². The molecule has 0 aliphatic carbocycles. The molecule has 0 radical (unpaired) electrons. The second-order valence-corrected chi connectivity index (χ2v) is 4.13. The van der Waals surface area contributed by atoms with Gasteiger partial charge in [0.2, 0.25) is 11.8 Å². The van der Waals surface area contributed by atoms with E-state index in [-0.39, 0.29) is 18.0 Å². The number of amides is 1. The Labute approximate surface area is 101 Å². The Morgan fingerprint density at radius 1 is 1.59 bits per heavy atom. The van der Waals surface area contributed by atoms with E-state index in [9.17, 15) is 4.79 Å². The van der Waals surface area contributed by atoms with Gasteiger partial charge in [-0.3, -0.25) is 4.79 Å². The molecule has 92 valence electrons. The average molecular weight is 235 g/mol. The van der Waals surface area contributed by atoms with Crippen LogP contribution in [0.25, 0.3) is 0 Å². The fourth-order valence-electron chi connectivity index (χ4n) is 2.30. The molecule has 2 unspecified atom stereocenters. The zero-order chi connectivity index (χ0) is 12.4. The topological polar surface area (TPSA) is 68.5 Å². The maximum atomic E-state index is 11.7. The van der Waals surface area contributed by atoms with Gasteiger partial charge in [0.25, 0.3) is 0 Å². The van der Waals surface area contributed by atoms with Gasteiger partial charge >= 0.3 is 0 Å². The van der Waals surface area contributed by atoms with Crippen molar-refractivity contribution >= 4 is 5.91 Å². The molecule has 5 nitrogen and oxygen atoms in total. The van der Waals surface area contributed by atoms with E-state index in [1.807, 2.05) is 13.0 Å². The van der Waals surface area contributed by atoms with E-state index in [4.69, 9.17) is 10.5 Å². The van der Waals surface area contributed by atoms with Crippen LogP contribution in [0.15, 0.2) is 18.3 Å². The highest BCUT2D eigenvalue weighted by molar-refractivity contribution is 5.80. The van der Waals surface area contributed by atoms with Gasteiger partial charge in [-0.05, 0) is 18.6 Å². The van der Waals surface area contributed by atoms with E-state index in [2.05, 4.69) is 4.98 Å². The number of ether oxygens (including phenoxy) is 1. The van der Waals surface area contributed by atoms with Crippen LogP contribution >= 0.6 is 0 Å². The third kappa shape index (κ3) is 2.10. The monoisotopic (exact) mass is 235 g/mol. The molecule has 1 aromatic heterocycles. The SMILES string of the molecule is CCN1C(=O)CC(N)C1c1ccc(OC)nc1. The Balaban J connectivity index is 2.27. The molecule has 1 fully saturated rings. The number of carbonyl (C=O) groups excluding carboxylic acids is 1. The molecule has 1 aliphatic heterocycles. The molecule has 1 aromatic rings. The highest BCUT2D eigenvalue weighted by Crippen LogP contribution is 2.31. The first-order valence-electron chi connectivity index (χ1n) is 5.72. The Kier molecular flexibility index (Phi) is 3.28. The minimum atomic E-state index is -0.155. The summed E-state index contributed by atoms with van der Waals surface area (Å²) in [6, 6.07) is 3.49. The zero-order valence-corrected chi connectivity index (χ0v) is 10.1. The van der Waals surface area contributed by atoms with Crippen molar-refractivity contribution in [2.24, 2.45) is 5.73 Å². The van der Waals surface area contributed by atoms with E-state index in [0.717, 1.165) is 5.56 Å². The van der Waals surface area contributed by atoms with Crippen molar-refractivity contribution < 1.29 is 9.53 Å². The van der Waals surface area contributed by atoms with Gasteiger partial charge in [-0.25, -0.2) is 4.98 Å². The van der Waals surface area contributed by atoms with Gasteiger partial charge in [0.1, 0.15) is 0 Å². The first-order valence-corrected chi connectivity index (χ1v) is 5.72. The summed E-state index contributed by atoms with van der Waals surface area (Å²) >= 11 is 0. The number of rotatable bonds is 3. The summed E-state index contributed by atoms with van der Waals surface area (Å²) in [5, 5.41) is 0. The highest BCUT2D eigenvalue weighted by atomic mass is 16.5. The predicted octanol–water partition coefficient (Wildman–Crippen LogP) is 0.711. The Bertz CT molecular complexity index is 405. The number of likely N-dealkylation sites (N-methyl/N-ethyl adjacent to an activating group) is 1. The maximum Gasteiger partial charge on any atom is 0.224 e. The predicted molar refractivity (Wildman–Crippen MR) is 63.5 cm³/mol. The van der Waals surface area contributed by atoms with E-state index in [0.29, 0.717) is 18.8 Å². The largest absolute Gasteiger partial charge is 0.481 e. The lowest BCUT2D eigenvalue weighted by Gasteiger charge is -2.25. The molecule has 2 heterocycles. The first-order chi connectivity index (χ1) is 8.17. The van der Waals surface area contributed by atoms with Crippen molar-refractivity contribution in [3.63, 3.8) is 0 Å². The summed E-state index contributed by atoms with van der Waals surface area (Å²) in [5.41, 5.74) is 6.98. The van der Waals surface area contributed by atoms with E-state index < -0.39 is 0 Å². The van der Waals surface area contributed by atoms with Crippen LogP contribution in [0, 0.1) is 0 Å². The molecule has 17 heavy (non-hydrogen) atoms. The average Bonchev–Trinajstić information content (AvgIpc) is 2.63. The molecule has 0 spiro atoms. The van der Waals surface area contributed by atoms with Gasteiger partial charge in [-0.2, -0.15) is 0 Å². The molecule has 0 bridgehead atoms. The normalized spacial score (nSPS) is 24.2. The van der Waals surface area contributed by atoms with Crippen LogP contribution in [0.2, 0.25) is 0 Å². The van der Waals surface area contributed by atoms with Gasteiger partial charge in [-0.15, -0.1) is 0 Å². The molecule has 5 heteroatoms. The van der Waals surface area contributed by atoms with Crippen LogP contribution < -0.4 is 10.5 Å². The number of nitrogens with two attached hydrogens (primary N) is 1. The summed E-state index contributed by atoms with van der Waals surface area (Å²) in [6.07, 6.45) is 2.13. The lowest BCUT2D eigenvalue weighted by Crippen LogP contribution is -2.32. The second-order valence-electron chi connectivity index (χ2n) is 4.13. The van der Waals surface area contributed by atoms with Crippen molar-refractivity contribution in [3.05, 3.63) is 23.9 Å². The van der Waals surface area contributed by atoms with Crippen molar-refractivity contribution in [1.82, 2.24) is 9.88 Å². The van der Waals surface area contributed by atoms with Crippen molar-refractivity contribution in [2.45, 2.75) is 25.4 Å². The maximum absolute atomic E-state index is 11.7. The van der Waals surface area contributed by atoms with Crippen LogP contribution in [0.1, 0.15) is 24.9 Å². The standard InChI is InChI=1S/C12H17N3O2/c1-3-15-11(16)6-9(13)12(15)8-4-5-10(17-2)14-7-8/h4-5,7,9,12H,3,6,13H2,1-2H3. The molecule has 0 aromatic carbocycles. The minimum absolute atomic E-state index is 0.0640. The molecule has 1 aliphatic rings. The van der Waals surface area contributed by atoms with Gasteiger partial charge in [-0.1, -0.05) is 0 Å². The van der Waals surface area contributed by atoms with E-state index >= 15 is 0 Å². The van der Waals surface area contributed by atoms with Gasteiger partial charge in [0.15, 0.2) is 0 Å². The third-order valence-electron chi connectivity index (χ3n) is 3.12. The lowest BCUT2D eigenvalue weighted by atomic mass is 10.0. The number of likely N-dealkylation sites (tertiary alicyclic amines) is 1. The summed E-state index contributed by atoms with van der Waals surface area (Å²) < 4.78 is 5.01. The van der Waals surface area contributed by atoms with E-state index in [1.165, 1.54) is 0 Å². The molecule has 2 rings (SSSR count). The van der Waals surface area contributed by atoms with Crippen LogP contribution in [-0.4, -0.2) is 35.5 Å². The summed E-state index contributed by atoms with van der Waals surface area (Å²) in [7, 11) is 1.57. The highest BCUT2D eigenvalue weighted by Gasteiger charge is 2.37. The molecule has 0 saturated carbocycles.